The van der Waals surface area contributed by atoms with E-state index in [0.717, 1.165) is 11.1 Å². The summed E-state index contributed by atoms with van der Waals surface area (Å²) in [7, 11) is 0. The average Bonchev–Trinajstić information content (AvgIpc) is 2.82. The van der Waals surface area contributed by atoms with Gasteiger partial charge in [0, 0.05) is 17.1 Å². The molecule has 1 heterocycles. The molecule has 1 amide bonds. The van der Waals surface area contributed by atoms with Crippen LogP contribution >= 0.6 is 11.6 Å². The van der Waals surface area contributed by atoms with E-state index in [2.05, 4.69) is 0 Å². The molecule has 4 rings (SSSR count). The van der Waals surface area contributed by atoms with Crippen LogP contribution in [0.3, 0.4) is 0 Å². The maximum Gasteiger partial charge on any atom is 0.410 e. The number of hydrogen-bond donors (Lipinski definition) is 1. The first-order valence-electron chi connectivity index (χ1n) is 10.3. The number of carboxylic acids is 1. The minimum atomic E-state index is -1.17. The summed E-state index contributed by atoms with van der Waals surface area (Å²) in [6.45, 7) is -0.243. The lowest BCUT2D eigenvalue weighted by Crippen LogP contribution is -2.41. The summed E-state index contributed by atoms with van der Waals surface area (Å²) in [4.78, 5) is 25.7. The van der Waals surface area contributed by atoms with Crippen molar-refractivity contribution < 1.29 is 28.6 Å². The largest absolute Gasteiger partial charge is 0.482 e. The van der Waals surface area contributed by atoms with Crippen molar-refractivity contribution >= 4 is 23.7 Å². The Morgan fingerprint density at radius 2 is 1.85 bits per heavy atom. The SMILES string of the molecule is O=C(O)COc1ccc(F)cc1C1c2cccc(Cl)c2CCN1C(=O)OCc1ccccc1. The second kappa shape index (κ2) is 9.92. The van der Waals surface area contributed by atoms with Crippen molar-refractivity contribution in [2.75, 3.05) is 13.2 Å². The van der Waals surface area contributed by atoms with Crippen molar-refractivity contribution in [3.63, 3.8) is 0 Å². The molecule has 3 aromatic rings. The molecule has 0 aromatic heterocycles. The number of hydrogen-bond acceptors (Lipinski definition) is 4. The molecule has 0 bridgehead atoms. The van der Waals surface area contributed by atoms with Crippen molar-refractivity contribution in [2.45, 2.75) is 19.1 Å². The van der Waals surface area contributed by atoms with Crippen LogP contribution in [0.1, 0.15) is 28.3 Å². The molecule has 33 heavy (non-hydrogen) atoms. The van der Waals surface area contributed by atoms with Gasteiger partial charge in [-0.15, -0.1) is 0 Å². The minimum absolute atomic E-state index is 0.0802. The zero-order valence-corrected chi connectivity index (χ0v) is 18.3. The Kier molecular flexibility index (Phi) is 6.79. The zero-order chi connectivity index (χ0) is 23.4. The standard InChI is InChI=1S/C25H21ClFNO5/c26-21-8-4-7-19-18(21)11-12-28(25(31)33-14-16-5-2-1-3-6-16)24(19)20-13-17(27)9-10-22(20)32-15-23(29)30/h1-10,13,24H,11-12,14-15H2,(H,29,30). The Bertz CT molecular complexity index is 1170. The molecule has 0 radical (unpaired) electrons. The number of aliphatic carboxylic acids is 1. The number of amides is 1. The van der Waals surface area contributed by atoms with Crippen molar-refractivity contribution in [2.24, 2.45) is 0 Å². The molecule has 1 atom stereocenters. The molecule has 8 heteroatoms. The van der Waals surface area contributed by atoms with Crippen LogP contribution in [0.4, 0.5) is 9.18 Å². The van der Waals surface area contributed by atoms with E-state index in [1.54, 1.807) is 12.1 Å². The minimum Gasteiger partial charge on any atom is -0.482 e. The fraction of sp³-hybridized carbons (Fsp3) is 0.200. The summed E-state index contributed by atoms with van der Waals surface area (Å²) in [5.74, 6) is -1.55. The van der Waals surface area contributed by atoms with Gasteiger partial charge in [-0.05, 0) is 47.4 Å². The van der Waals surface area contributed by atoms with Gasteiger partial charge in [-0.1, -0.05) is 54.1 Å². The van der Waals surface area contributed by atoms with Gasteiger partial charge in [0.05, 0.1) is 6.04 Å². The Morgan fingerprint density at radius 3 is 2.61 bits per heavy atom. The third-order valence-corrected chi connectivity index (χ3v) is 5.78. The second-order valence-electron chi connectivity index (χ2n) is 7.56. The molecule has 0 saturated carbocycles. The summed E-state index contributed by atoms with van der Waals surface area (Å²) in [5.41, 5.74) is 2.69. The Morgan fingerprint density at radius 1 is 1.06 bits per heavy atom. The summed E-state index contributed by atoms with van der Waals surface area (Å²) >= 11 is 6.42. The molecule has 0 saturated heterocycles. The van der Waals surface area contributed by atoms with Gasteiger partial charge in [-0.3, -0.25) is 4.90 Å². The normalized spacial score (nSPS) is 15.0. The predicted molar refractivity (Wildman–Crippen MR) is 120 cm³/mol. The number of ether oxygens (including phenoxy) is 2. The van der Waals surface area contributed by atoms with Crippen molar-refractivity contribution in [1.82, 2.24) is 4.90 Å². The van der Waals surface area contributed by atoms with E-state index in [-0.39, 0.29) is 18.9 Å². The Balaban J connectivity index is 1.73. The van der Waals surface area contributed by atoms with E-state index in [0.29, 0.717) is 22.6 Å². The maximum absolute atomic E-state index is 14.3. The lowest BCUT2D eigenvalue weighted by atomic mass is 9.88. The number of carboxylic acid groups (broad SMARTS) is 1. The zero-order valence-electron chi connectivity index (χ0n) is 17.5. The molecule has 0 spiro atoms. The summed E-state index contributed by atoms with van der Waals surface area (Å²) in [5, 5.41) is 9.58. The van der Waals surface area contributed by atoms with Crippen LogP contribution in [-0.2, 0) is 22.6 Å². The number of halogens is 2. The lowest BCUT2D eigenvalue weighted by molar-refractivity contribution is -0.139. The van der Waals surface area contributed by atoms with Crippen LogP contribution in [0.2, 0.25) is 5.02 Å². The highest BCUT2D eigenvalue weighted by Crippen LogP contribution is 2.42. The highest BCUT2D eigenvalue weighted by molar-refractivity contribution is 6.31. The number of fused-ring (bicyclic) bond motifs is 1. The highest BCUT2D eigenvalue weighted by atomic mass is 35.5. The number of carbonyl (C=O) groups is 2. The van der Waals surface area contributed by atoms with Gasteiger partial charge in [0.15, 0.2) is 6.61 Å². The highest BCUT2D eigenvalue weighted by Gasteiger charge is 2.36. The first-order valence-corrected chi connectivity index (χ1v) is 10.7. The lowest BCUT2D eigenvalue weighted by Gasteiger charge is -2.37. The number of nitrogens with zero attached hydrogens (tertiary/aromatic N) is 1. The number of carbonyl (C=O) groups excluding carboxylic acids is 1. The van der Waals surface area contributed by atoms with Gasteiger partial charge >= 0.3 is 12.1 Å². The van der Waals surface area contributed by atoms with Gasteiger partial charge in [0.1, 0.15) is 18.2 Å². The molecule has 3 aromatic carbocycles. The van der Waals surface area contributed by atoms with Crippen LogP contribution in [-0.4, -0.2) is 35.2 Å². The average molecular weight is 470 g/mol. The second-order valence-corrected chi connectivity index (χ2v) is 7.97. The molecule has 0 fully saturated rings. The van der Waals surface area contributed by atoms with E-state index in [1.807, 2.05) is 36.4 Å². The Hall–Kier alpha value is -3.58. The molecule has 1 aliphatic rings. The smallest absolute Gasteiger partial charge is 0.410 e. The summed E-state index contributed by atoms with van der Waals surface area (Å²) in [6.07, 6.45) is -0.0880. The first-order chi connectivity index (χ1) is 15.9. The fourth-order valence-corrected chi connectivity index (χ4v) is 4.24. The van der Waals surface area contributed by atoms with E-state index in [4.69, 9.17) is 26.2 Å². The van der Waals surface area contributed by atoms with Gasteiger partial charge in [0.2, 0.25) is 0 Å². The molecule has 1 unspecified atom stereocenters. The fourth-order valence-electron chi connectivity index (χ4n) is 3.96. The molecule has 6 nitrogen and oxygen atoms in total. The van der Waals surface area contributed by atoms with Gasteiger partial charge in [0.25, 0.3) is 0 Å². The summed E-state index contributed by atoms with van der Waals surface area (Å²) < 4.78 is 25.3. The predicted octanol–water partition coefficient (Wildman–Crippen LogP) is 5.23. The van der Waals surface area contributed by atoms with Crippen molar-refractivity contribution in [3.05, 3.63) is 99.8 Å². The van der Waals surface area contributed by atoms with Crippen LogP contribution in [0, 0.1) is 5.82 Å². The van der Waals surface area contributed by atoms with Crippen LogP contribution in [0.5, 0.6) is 5.75 Å². The molecule has 1 aliphatic heterocycles. The quantitative estimate of drug-likeness (QED) is 0.535. The van der Waals surface area contributed by atoms with Gasteiger partial charge in [-0.2, -0.15) is 0 Å². The molecule has 170 valence electrons. The molecule has 0 aliphatic carbocycles. The van der Waals surface area contributed by atoms with Crippen molar-refractivity contribution in [3.8, 4) is 5.75 Å². The van der Waals surface area contributed by atoms with E-state index in [9.17, 15) is 14.0 Å². The van der Waals surface area contributed by atoms with E-state index in [1.165, 1.54) is 23.1 Å². The van der Waals surface area contributed by atoms with Gasteiger partial charge < -0.3 is 14.6 Å². The van der Waals surface area contributed by atoms with Crippen molar-refractivity contribution in [1.29, 1.82) is 0 Å². The van der Waals surface area contributed by atoms with Crippen LogP contribution < -0.4 is 4.74 Å². The molecule has 1 N–H and O–H groups in total. The summed E-state index contributed by atoms with van der Waals surface area (Å²) in [6, 6.07) is 17.6. The van der Waals surface area contributed by atoms with Crippen LogP contribution in [0.15, 0.2) is 66.7 Å². The monoisotopic (exact) mass is 469 g/mol. The van der Waals surface area contributed by atoms with E-state index >= 15 is 0 Å². The van der Waals surface area contributed by atoms with E-state index < -0.39 is 30.5 Å². The number of rotatable bonds is 6. The maximum atomic E-state index is 14.3. The van der Waals surface area contributed by atoms with Crippen LogP contribution in [0.25, 0.3) is 0 Å². The molecular weight excluding hydrogens is 449 g/mol. The number of benzene rings is 3. The third-order valence-electron chi connectivity index (χ3n) is 5.42. The first kappa shape index (κ1) is 22.6. The molecular formula is C25H21ClFNO5. The third kappa shape index (κ3) is 5.09. The topological polar surface area (TPSA) is 76.1 Å². The Labute approximate surface area is 195 Å². The van der Waals surface area contributed by atoms with Gasteiger partial charge in [-0.25, -0.2) is 14.0 Å².